The lowest BCUT2D eigenvalue weighted by Gasteiger charge is -2.27. The highest BCUT2D eigenvalue weighted by Gasteiger charge is 2.23. The maximum absolute atomic E-state index is 12.8. The summed E-state index contributed by atoms with van der Waals surface area (Å²) in [7, 11) is 0. The van der Waals surface area contributed by atoms with Crippen LogP contribution in [0.5, 0.6) is 0 Å². The van der Waals surface area contributed by atoms with Gasteiger partial charge in [0.05, 0.1) is 0 Å². The Morgan fingerprint density at radius 1 is 1.07 bits per heavy atom. The fourth-order valence-electron chi connectivity index (χ4n) is 3.96. The zero-order valence-electron chi connectivity index (χ0n) is 16.5. The first-order valence-corrected chi connectivity index (χ1v) is 9.87. The third kappa shape index (κ3) is 3.64. The third-order valence-electron chi connectivity index (χ3n) is 5.68. The fraction of sp³-hybridized carbons (Fsp3) is 0.375. The molecule has 3 aromatic rings. The number of carbonyl (C=O) groups excluding carboxylic acids is 1. The van der Waals surface area contributed by atoms with E-state index in [-0.39, 0.29) is 11.3 Å². The van der Waals surface area contributed by atoms with Crippen LogP contribution in [0, 0.1) is 0 Å². The van der Waals surface area contributed by atoms with E-state index in [0.29, 0.717) is 6.42 Å². The molecule has 0 bridgehead atoms. The minimum Gasteiger partial charge on any atom is -0.358 e. The van der Waals surface area contributed by atoms with Gasteiger partial charge in [0.1, 0.15) is 0 Å². The number of nitrogens with zero attached hydrogens (tertiary/aromatic N) is 1. The van der Waals surface area contributed by atoms with Gasteiger partial charge in [-0.2, -0.15) is 0 Å². The molecule has 1 N–H and O–H groups in total. The van der Waals surface area contributed by atoms with Crippen LogP contribution in [0.2, 0.25) is 0 Å². The zero-order valence-corrected chi connectivity index (χ0v) is 16.5. The molecule has 1 aliphatic heterocycles. The average Bonchev–Trinajstić information content (AvgIpc) is 3.03. The highest BCUT2D eigenvalue weighted by molar-refractivity contribution is 5.86. The van der Waals surface area contributed by atoms with Gasteiger partial charge in [-0.25, -0.2) is 0 Å². The average molecular weight is 361 g/mol. The molecule has 3 nitrogen and oxygen atoms in total. The molecule has 2 heterocycles. The summed E-state index contributed by atoms with van der Waals surface area (Å²) in [4.78, 5) is 18.3. The predicted molar refractivity (Wildman–Crippen MR) is 111 cm³/mol. The van der Waals surface area contributed by atoms with Crippen LogP contribution in [0.3, 0.4) is 0 Å². The van der Waals surface area contributed by atoms with Crippen LogP contribution in [-0.4, -0.2) is 22.3 Å². The van der Waals surface area contributed by atoms with Crippen molar-refractivity contribution < 1.29 is 4.79 Å². The molecule has 1 aromatic heterocycles. The van der Waals surface area contributed by atoms with Crippen molar-refractivity contribution >= 4 is 16.8 Å². The molecule has 0 radical (unpaired) electrons. The number of aromatic nitrogens is 1. The molecule has 1 amide bonds. The summed E-state index contributed by atoms with van der Waals surface area (Å²) in [5.74, 6) is 0.255. The minimum atomic E-state index is 0.166. The van der Waals surface area contributed by atoms with E-state index in [1.807, 2.05) is 4.90 Å². The van der Waals surface area contributed by atoms with Gasteiger partial charge in [0.2, 0.25) is 5.91 Å². The third-order valence-corrected chi connectivity index (χ3v) is 5.68. The van der Waals surface area contributed by atoms with Crippen LogP contribution in [0.25, 0.3) is 10.9 Å². The Hall–Kier alpha value is -2.55. The van der Waals surface area contributed by atoms with Gasteiger partial charge in [-0.1, -0.05) is 63.2 Å². The van der Waals surface area contributed by atoms with Gasteiger partial charge in [-0.05, 0) is 29.0 Å². The highest BCUT2D eigenvalue weighted by atomic mass is 16.2. The maximum Gasteiger partial charge on any atom is 0.223 e. The monoisotopic (exact) mass is 360 g/mol. The van der Waals surface area contributed by atoms with Crippen LogP contribution < -0.4 is 0 Å². The van der Waals surface area contributed by atoms with Crippen LogP contribution in [0.1, 0.15) is 49.6 Å². The van der Waals surface area contributed by atoms with Crippen LogP contribution in [0.15, 0.2) is 48.5 Å². The molecule has 1 aliphatic rings. The second kappa shape index (κ2) is 6.88. The van der Waals surface area contributed by atoms with E-state index in [2.05, 4.69) is 74.3 Å². The van der Waals surface area contributed by atoms with Crippen LogP contribution in [-0.2, 0) is 29.6 Å². The standard InChI is InChI=1S/C24H28N2O/c1-24(2,3)18-11-8-17(9-12-18)10-13-23(27)26-15-14-22-20(16-26)19-6-4-5-7-21(19)25-22/h4-9,11-12,25H,10,13-16H2,1-3H3. The number of hydrogen-bond donors (Lipinski definition) is 1. The number of H-pyrrole nitrogens is 1. The van der Waals surface area contributed by atoms with E-state index in [9.17, 15) is 4.79 Å². The lowest BCUT2D eigenvalue weighted by atomic mass is 9.86. The predicted octanol–water partition coefficient (Wildman–Crippen LogP) is 4.98. The van der Waals surface area contributed by atoms with E-state index in [1.165, 1.54) is 33.3 Å². The van der Waals surface area contributed by atoms with Gasteiger partial charge >= 0.3 is 0 Å². The normalized spacial score (nSPS) is 14.4. The molecule has 0 unspecified atom stereocenters. The molecule has 140 valence electrons. The number of para-hydroxylation sites is 1. The van der Waals surface area contributed by atoms with Gasteiger partial charge < -0.3 is 9.88 Å². The summed E-state index contributed by atoms with van der Waals surface area (Å²) in [6.45, 7) is 8.20. The summed E-state index contributed by atoms with van der Waals surface area (Å²) < 4.78 is 0. The van der Waals surface area contributed by atoms with E-state index >= 15 is 0 Å². The van der Waals surface area contributed by atoms with Gasteiger partial charge in [0, 0.05) is 48.1 Å². The zero-order chi connectivity index (χ0) is 19.0. The molecule has 27 heavy (non-hydrogen) atoms. The number of fused-ring (bicyclic) bond motifs is 3. The molecule has 0 spiro atoms. The van der Waals surface area contributed by atoms with Crippen molar-refractivity contribution in [3.8, 4) is 0 Å². The number of hydrogen-bond acceptors (Lipinski definition) is 1. The van der Waals surface area contributed by atoms with E-state index in [0.717, 1.165) is 25.9 Å². The molecule has 0 saturated carbocycles. The first-order chi connectivity index (χ1) is 12.9. The van der Waals surface area contributed by atoms with E-state index < -0.39 is 0 Å². The molecule has 2 aromatic carbocycles. The first-order valence-electron chi connectivity index (χ1n) is 9.87. The van der Waals surface area contributed by atoms with E-state index in [4.69, 9.17) is 0 Å². The quantitative estimate of drug-likeness (QED) is 0.702. The van der Waals surface area contributed by atoms with Crippen molar-refractivity contribution in [2.45, 2.75) is 52.0 Å². The Morgan fingerprint density at radius 2 is 1.81 bits per heavy atom. The van der Waals surface area contributed by atoms with Crippen LogP contribution >= 0.6 is 0 Å². The Bertz CT molecular complexity index is 960. The van der Waals surface area contributed by atoms with Crippen molar-refractivity contribution in [1.29, 1.82) is 0 Å². The van der Waals surface area contributed by atoms with Crippen molar-refractivity contribution in [3.63, 3.8) is 0 Å². The lowest BCUT2D eigenvalue weighted by Crippen LogP contribution is -2.35. The molecule has 0 atom stereocenters. The summed E-state index contributed by atoms with van der Waals surface area (Å²) in [5, 5.41) is 1.25. The summed E-state index contributed by atoms with van der Waals surface area (Å²) >= 11 is 0. The number of carbonyl (C=O) groups is 1. The van der Waals surface area contributed by atoms with Gasteiger partial charge in [-0.15, -0.1) is 0 Å². The highest BCUT2D eigenvalue weighted by Crippen LogP contribution is 2.28. The van der Waals surface area contributed by atoms with Crippen molar-refractivity contribution in [1.82, 2.24) is 9.88 Å². The van der Waals surface area contributed by atoms with Crippen molar-refractivity contribution in [3.05, 3.63) is 70.9 Å². The van der Waals surface area contributed by atoms with Gasteiger partial charge in [-0.3, -0.25) is 4.79 Å². The van der Waals surface area contributed by atoms with Crippen LogP contribution in [0.4, 0.5) is 0 Å². The number of nitrogens with one attached hydrogen (secondary N) is 1. The molecule has 0 saturated heterocycles. The topological polar surface area (TPSA) is 36.1 Å². The van der Waals surface area contributed by atoms with Crippen molar-refractivity contribution in [2.75, 3.05) is 6.54 Å². The van der Waals surface area contributed by atoms with Gasteiger partial charge in [0.15, 0.2) is 0 Å². The number of aryl methyl sites for hydroxylation is 1. The van der Waals surface area contributed by atoms with Crippen molar-refractivity contribution in [2.24, 2.45) is 0 Å². The largest absolute Gasteiger partial charge is 0.358 e. The minimum absolute atomic E-state index is 0.166. The smallest absolute Gasteiger partial charge is 0.223 e. The second-order valence-electron chi connectivity index (χ2n) is 8.64. The Morgan fingerprint density at radius 3 is 2.56 bits per heavy atom. The van der Waals surface area contributed by atoms with E-state index in [1.54, 1.807) is 0 Å². The lowest BCUT2D eigenvalue weighted by molar-refractivity contribution is -0.132. The summed E-state index contributed by atoms with van der Waals surface area (Å²) in [6.07, 6.45) is 2.29. The second-order valence-corrected chi connectivity index (χ2v) is 8.64. The fourth-order valence-corrected chi connectivity index (χ4v) is 3.96. The molecule has 0 fully saturated rings. The SMILES string of the molecule is CC(C)(C)c1ccc(CCC(=O)N2CCc3[nH]c4ccccc4c3C2)cc1. The maximum atomic E-state index is 12.8. The number of rotatable bonds is 3. The molecular formula is C24H28N2O. The molecule has 0 aliphatic carbocycles. The van der Waals surface area contributed by atoms with Gasteiger partial charge in [0.25, 0.3) is 0 Å². The number of aromatic amines is 1. The molecular weight excluding hydrogens is 332 g/mol. The summed E-state index contributed by atoms with van der Waals surface area (Å²) in [6, 6.07) is 17.1. The molecule has 4 rings (SSSR count). The first kappa shape index (κ1) is 17.8. The Labute approximate surface area is 161 Å². The number of benzene rings is 2. The Kier molecular flexibility index (Phi) is 4.55. The Balaban J connectivity index is 1.41. The molecule has 3 heteroatoms. The number of amides is 1. The summed E-state index contributed by atoms with van der Waals surface area (Å²) in [5.41, 5.74) is 6.49.